The van der Waals surface area contributed by atoms with Gasteiger partial charge in [-0.3, -0.25) is 9.36 Å². The molecule has 2 aromatic carbocycles. The molecule has 0 spiro atoms. The van der Waals surface area contributed by atoms with Crippen molar-refractivity contribution < 1.29 is 14.3 Å². The van der Waals surface area contributed by atoms with E-state index < -0.39 is 12.0 Å². The second-order valence-corrected chi connectivity index (χ2v) is 8.89. The van der Waals surface area contributed by atoms with Gasteiger partial charge in [-0.05, 0) is 48.9 Å². The highest BCUT2D eigenvalue weighted by atomic mass is 35.5. The molecule has 3 aromatic rings. The van der Waals surface area contributed by atoms with Gasteiger partial charge in [-0.1, -0.05) is 46.7 Å². The fourth-order valence-electron chi connectivity index (χ4n) is 3.62. The molecular weight excluding hydrogens is 471 g/mol. The molecule has 0 unspecified atom stereocenters. The fraction of sp³-hybridized carbons (Fsp3) is 0.174. The summed E-state index contributed by atoms with van der Waals surface area (Å²) in [6, 6.07) is 11.4. The highest BCUT2D eigenvalue weighted by Gasteiger charge is 2.35. The van der Waals surface area contributed by atoms with E-state index in [1.807, 2.05) is 12.1 Å². The number of thiazole rings is 1. The minimum atomic E-state index is -0.806. The van der Waals surface area contributed by atoms with E-state index >= 15 is 0 Å². The molecule has 2 heterocycles. The molecule has 1 atom stereocenters. The summed E-state index contributed by atoms with van der Waals surface area (Å²) in [5.74, 6) is -0.0898. The van der Waals surface area contributed by atoms with E-state index in [2.05, 4.69) is 4.99 Å². The SMILES string of the molecule is COC(=O)C1=C(C)N=c2s/c(=C\c3ccc(Cl)cc3)c(=O)n2[C@H]1c1cc(Cl)ccc1OC. The number of benzene rings is 2. The van der Waals surface area contributed by atoms with Gasteiger partial charge in [0, 0.05) is 15.6 Å². The summed E-state index contributed by atoms with van der Waals surface area (Å²) in [5.41, 5.74) is 1.81. The Balaban J connectivity index is 2.02. The molecule has 6 nitrogen and oxygen atoms in total. The molecule has 0 fully saturated rings. The van der Waals surface area contributed by atoms with Crippen LogP contribution in [0.5, 0.6) is 5.75 Å². The van der Waals surface area contributed by atoms with Crippen LogP contribution in [-0.4, -0.2) is 24.8 Å². The van der Waals surface area contributed by atoms with Crippen LogP contribution in [0.1, 0.15) is 24.1 Å². The summed E-state index contributed by atoms with van der Waals surface area (Å²) in [5, 5.41) is 1.05. The van der Waals surface area contributed by atoms with Crippen LogP contribution < -0.4 is 19.6 Å². The first-order chi connectivity index (χ1) is 15.3. The van der Waals surface area contributed by atoms with Crippen molar-refractivity contribution in [2.45, 2.75) is 13.0 Å². The lowest BCUT2D eigenvalue weighted by atomic mass is 9.95. The zero-order valence-corrected chi connectivity index (χ0v) is 19.7. The molecule has 0 saturated carbocycles. The number of esters is 1. The Hall–Kier alpha value is -2.87. The summed E-state index contributed by atoms with van der Waals surface area (Å²) in [4.78, 5) is 31.3. The molecule has 9 heteroatoms. The van der Waals surface area contributed by atoms with Gasteiger partial charge in [0.2, 0.25) is 0 Å². The van der Waals surface area contributed by atoms with Crippen molar-refractivity contribution in [2.24, 2.45) is 4.99 Å². The van der Waals surface area contributed by atoms with E-state index in [1.165, 1.54) is 30.1 Å². The smallest absolute Gasteiger partial charge is 0.338 e. The number of aromatic nitrogens is 1. The minimum Gasteiger partial charge on any atom is -0.496 e. The molecular formula is C23H18Cl2N2O4S. The third-order valence-electron chi connectivity index (χ3n) is 5.08. The molecule has 1 aliphatic heterocycles. The average Bonchev–Trinajstić information content (AvgIpc) is 3.08. The third kappa shape index (κ3) is 3.99. The van der Waals surface area contributed by atoms with Crippen molar-refractivity contribution in [1.82, 2.24) is 4.57 Å². The number of hydrogen-bond acceptors (Lipinski definition) is 6. The molecule has 0 amide bonds. The number of methoxy groups -OCH3 is 2. The van der Waals surface area contributed by atoms with Crippen molar-refractivity contribution >= 4 is 46.6 Å². The van der Waals surface area contributed by atoms with Crippen LogP contribution in [0, 0.1) is 0 Å². The first-order valence-corrected chi connectivity index (χ1v) is 11.1. The second kappa shape index (κ2) is 8.94. The highest BCUT2D eigenvalue weighted by Crippen LogP contribution is 2.37. The van der Waals surface area contributed by atoms with Gasteiger partial charge in [-0.15, -0.1) is 0 Å². The molecule has 4 rings (SSSR count). The van der Waals surface area contributed by atoms with Gasteiger partial charge < -0.3 is 9.47 Å². The third-order valence-corrected chi connectivity index (χ3v) is 6.55. The number of carbonyl (C=O) groups is 1. The van der Waals surface area contributed by atoms with E-state index in [-0.39, 0.29) is 11.1 Å². The number of halogens is 2. The van der Waals surface area contributed by atoms with Crippen molar-refractivity contribution in [3.63, 3.8) is 0 Å². The van der Waals surface area contributed by atoms with Gasteiger partial charge in [0.15, 0.2) is 4.80 Å². The monoisotopic (exact) mass is 488 g/mol. The van der Waals surface area contributed by atoms with E-state index in [0.717, 1.165) is 5.56 Å². The van der Waals surface area contributed by atoms with Crippen molar-refractivity contribution in [2.75, 3.05) is 14.2 Å². The molecule has 0 saturated heterocycles. The van der Waals surface area contributed by atoms with Crippen molar-refractivity contribution in [3.05, 3.63) is 94.6 Å². The molecule has 0 N–H and O–H groups in total. The van der Waals surface area contributed by atoms with Crippen LogP contribution in [0.15, 0.2) is 63.5 Å². The Morgan fingerprint density at radius 3 is 2.47 bits per heavy atom. The van der Waals surface area contributed by atoms with Crippen LogP contribution in [0.25, 0.3) is 6.08 Å². The van der Waals surface area contributed by atoms with E-state index in [4.69, 9.17) is 32.7 Å². The van der Waals surface area contributed by atoms with E-state index in [9.17, 15) is 9.59 Å². The first-order valence-electron chi connectivity index (χ1n) is 9.54. The molecule has 32 heavy (non-hydrogen) atoms. The Labute approximate surface area is 197 Å². The number of carbonyl (C=O) groups excluding carboxylic acids is 1. The largest absolute Gasteiger partial charge is 0.496 e. The van der Waals surface area contributed by atoms with Crippen LogP contribution in [-0.2, 0) is 9.53 Å². The Morgan fingerprint density at radius 2 is 1.81 bits per heavy atom. The number of ether oxygens (including phenoxy) is 2. The molecule has 0 bridgehead atoms. The number of fused-ring (bicyclic) bond motifs is 1. The zero-order chi connectivity index (χ0) is 23.0. The predicted octanol–water partition coefficient (Wildman–Crippen LogP) is 3.72. The zero-order valence-electron chi connectivity index (χ0n) is 17.4. The lowest BCUT2D eigenvalue weighted by Crippen LogP contribution is -2.40. The molecule has 0 aliphatic carbocycles. The van der Waals surface area contributed by atoms with Crippen molar-refractivity contribution in [3.8, 4) is 5.75 Å². The number of hydrogen-bond donors (Lipinski definition) is 0. The quantitative estimate of drug-likeness (QED) is 0.524. The van der Waals surface area contributed by atoms with E-state index in [0.29, 0.717) is 36.4 Å². The predicted molar refractivity (Wildman–Crippen MR) is 125 cm³/mol. The van der Waals surface area contributed by atoms with E-state index in [1.54, 1.807) is 43.3 Å². The highest BCUT2D eigenvalue weighted by molar-refractivity contribution is 7.07. The average molecular weight is 489 g/mol. The molecule has 0 radical (unpaired) electrons. The number of nitrogens with zero attached hydrogens (tertiary/aromatic N) is 2. The Morgan fingerprint density at radius 1 is 1.12 bits per heavy atom. The normalized spacial score (nSPS) is 15.9. The first kappa shape index (κ1) is 22.3. The van der Waals surface area contributed by atoms with Gasteiger partial charge in [0.1, 0.15) is 11.8 Å². The van der Waals surface area contributed by atoms with Gasteiger partial charge in [-0.25, -0.2) is 9.79 Å². The Bertz CT molecular complexity index is 1420. The maximum absolute atomic E-state index is 13.5. The maximum atomic E-state index is 13.5. The van der Waals surface area contributed by atoms with Gasteiger partial charge >= 0.3 is 5.97 Å². The number of rotatable bonds is 4. The fourth-order valence-corrected chi connectivity index (χ4v) is 4.97. The summed E-state index contributed by atoms with van der Waals surface area (Å²) in [6.07, 6.45) is 1.77. The summed E-state index contributed by atoms with van der Waals surface area (Å²) < 4.78 is 12.5. The molecule has 1 aliphatic rings. The lowest BCUT2D eigenvalue weighted by Gasteiger charge is -2.25. The van der Waals surface area contributed by atoms with Gasteiger partial charge in [0.25, 0.3) is 5.56 Å². The summed E-state index contributed by atoms with van der Waals surface area (Å²) in [7, 11) is 2.81. The van der Waals surface area contributed by atoms with Gasteiger partial charge in [-0.2, -0.15) is 0 Å². The van der Waals surface area contributed by atoms with Crippen molar-refractivity contribution in [1.29, 1.82) is 0 Å². The van der Waals surface area contributed by atoms with Crippen LogP contribution in [0.3, 0.4) is 0 Å². The standard InChI is InChI=1S/C23H18Cl2N2O4S/c1-12-19(22(29)31-3)20(16-11-15(25)8-9-17(16)30-2)27-21(28)18(32-23(27)26-12)10-13-4-6-14(24)7-5-13/h4-11,20H,1-3H3/b18-10-/t20-/m0/s1. The summed E-state index contributed by atoms with van der Waals surface area (Å²) in [6.45, 7) is 1.71. The lowest BCUT2D eigenvalue weighted by molar-refractivity contribution is -0.136. The Kier molecular flexibility index (Phi) is 6.24. The minimum absolute atomic E-state index is 0.249. The summed E-state index contributed by atoms with van der Waals surface area (Å²) >= 11 is 13.5. The molecule has 164 valence electrons. The maximum Gasteiger partial charge on any atom is 0.338 e. The molecule has 1 aromatic heterocycles. The van der Waals surface area contributed by atoms with Crippen LogP contribution in [0.4, 0.5) is 0 Å². The van der Waals surface area contributed by atoms with Gasteiger partial charge in [0.05, 0.1) is 30.0 Å². The van der Waals surface area contributed by atoms with Crippen LogP contribution >= 0.6 is 34.5 Å². The topological polar surface area (TPSA) is 69.9 Å². The number of allylic oxidation sites excluding steroid dienone is 1. The second-order valence-electron chi connectivity index (χ2n) is 7.01. The van der Waals surface area contributed by atoms with Crippen LogP contribution in [0.2, 0.25) is 10.0 Å².